The standard InChI is InChI=1S/C15H18ClN7/c1-9-12(7-23(22-9)15(2,3)8-17)20-14-18-6-11(16)13(21-14)19-10-4-5-10/h6-7,10H,4-5H2,1-3H3,(H2,18,19,20,21). The van der Waals surface area contributed by atoms with Crippen molar-refractivity contribution in [1.82, 2.24) is 19.7 Å². The molecule has 8 heteroatoms. The van der Waals surface area contributed by atoms with Crippen LogP contribution in [0.4, 0.5) is 17.5 Å². The predicted octanol–water partition coefficient (Wildman–Crippen LogP) is 3.21. The van der Waals surface area contributed by atoms with Crippen LogP contribution in [0.1, 0.15) is 32.4 Å². The van der Waals surface area contributed by atoms with E-state index >= 15 is 0 Å². The lowest BCUT2D eigenvalue weighted by atomic mass is 10.1. The number of aryl methyl sites for hydroxylation is 1. The largest absolute Gasteiger partial charge is 0.366 e. The van der Waals surface area contributed by atoms with Crippen molar-refractivity contribution in [2.45, 2.75) is 45.2 Å². The fraction of sp³-hybridized carbons (Fsp3) is 0.467. The zero-order valence-corrected chi connectivity index (χ0v) is 14.0. The Balaban J connectivity index is 1.83. The Morgan fingerprint density at radius 3 is 2.83 bits per heavy atom. The molecular weight excluding hydrogens is 314 g/mol. The predicted molar refractivity (Wildman–Crippen MR) is 88.9 cm³/mol. The Labute approximate surface area is 139 Å². The van der Waals surface area contributed by atoms with E-state index in [4.69, 9.17) is 11.6 Å². The van der Waals surface area contributed by atoms with Gasteiger partial charge in [0.25, 0.3) is 0 Å². The number of aromatic nitrogens is 4. The monoisotopic (exact) mass is 331 g/mol. The van der Waals surface area contributed by atoms with Gasteiger partial charge in [-0.25, -0.2) is 4.98 Å². The van der Waals surface area contributed by atoms with Crippen LogP contribution in [0.2, 0.25) is 5.02 Å². The van der Waals surface area contributed by atoms with Crippen LogP contribution in [0.15, 0.2) is 12.4 Å². The fourth-order valence-corrected chi connectivity index (χ4v) is 2.14. The third-order valence-corrected chi connectivity index (χ3v) is 3.93. The smallest absolute Gasteiger partial charge is 0.229 e. The van der Waals surface area contributed by atoms with Crippen molar-refractivity contribution in [3.63, 3.8) is 0 Å². The zero-order valence-electron chi connectivity index (χ0n) is 13.3. The molecule has 1 aliphatic carbocycles. The molecule has 0 bridgehead atoms. The van der Waals surface area contributed by atoms with Gasteiger partial charge in [0.05, 0.1) is 29.8 Å². The highest BCUT2D eigenvalue weighted by Crippen LogP contribution is 2.29. The van der Waals surface area contributed by atoms with E-state index < -0.39 is 5.54 Å². The highest BCUT2D eigenvalue weighted by atomic mass is 35.5. The van der Waals surface area contributed by atoms with Gasteiger partial charge in [-0.3, -0.25) is 4.68 Å². The second kappa shape index (κ2) is 5.70. The highest BCUT2D eigenvalue weighted by molar-refractivity contribution is 6.32. The molecule has 2 aromatic heterocycles. The summed E-state index contributed by atoms with van der Waals surface area (Å²) in [5.41, 5.74) is 0.807. The minimum absolute atomic E-state index is 0.440. The molecule has 23 heavy (non-hydrogen) atoms. The van der Waals surface area contributed by atoms with Crippen molar-refractivity contribution in [1.29, 1.82) is 5.26 Å². The number of nitriles is 1. The minimum Gasteiger partial charge on any atom is -0.366 e. The van der Waals surface area contributed by atoms with Crippen LogP contribution in [0.25, 0.3) is 0 Å². The van der Waals surface area contributed by atoms with Gasteiger partial charge in [-0.1, -0.05) is 11.6 Å². The van der Waals surface area contributed by atoms with Crippen molar-refractivity contribution in [3.8, 4) is 6.07 Å². The van der Waals surface area contributed by atoms with Crippen molar-refractivity contribution < 1.29 is 0 Å². The summed E-state index contributed by atoms with van der Waals surface area (Å²) >= 11 is 6.12. The molecule has 0 aromatic carbocycles. The summed E-state index contributed by atoms with van der Waals surface area (Å²) in [7, 11) is 0. The normalized spacial score (nSPS) is 14.4. The van der Waals surface area contributed by atoms with E-state index in [1.807, 2.05) is 6.92 Å². The van der Waals surface area contributed by atoms with Gasteiger partial charge in [0, 0.05) is 6.04 Å². The molecule has 3 rings (SSSR count). The summed E-state index contributed by atoms with van der Waals surface area (Å²) in [6, 6.07) is 2.68. The second-order valence-electron chi connectivity index (χ2n) is 6.18. The Bertz CT molecular complexity index is 771. The first-order chi connectivity index (χ1) is 10.9. The second-order valence-corrected chi connectivity index (χ2v) is 6.58. The van der Waals surface area contributed by atoms with E-state index in [9.17, 15) is 5.26 Å². The van der Waals surface area contributed by atoms with Crippen molar-refractivity contribution in [2.75, 3.05) is 10.6 Å². The van der Waals surface area contributed by atoms with E-state index in [1.54, 1.807) is 30.9 Å². The van der Waals surface area contributed by atoms with Gasteiger partial charge in [-0.15, -0.1) is 0 Å². The molecule has 1 aliphatic rings. The first-order valence-electron chi connectivity index (χ1n) is 7.43. The average Bonchev–Trinajstić information content (AvgIpc) is 3.25. The summed E-state index contributed by atoms with van der Waals surface area (Å²) in [6.45, 7) is 5.48. The summed E-state index contributed by atoms with van der Waals surface area (Å²) < 4.78 is 1.63. The third-order valence-electron chi connectivity index (χ3n) is 3.65. The minimum atomic E-state index is -0.718. The third kappa shape index (κ3) is 3.37. The summed E-state index contributed by atoms with van der Waals surface area (Å²) in [4.78, 5) is 8.61. The number of hydrogen-bond acceptors (Lipinski definition) is 6. The SMILES string of the molecule is Cc1nn(C(C)(C)C#N)cc1Nc1ncc(Cl)c(NC2CC2)n1. The summed E-state index contributed by atoms with van der Waals surface area (Å²) in [5, 5.41) is 20.5. The topological polar surface area (TPSA) is 91.5 Å². The molecule has 0 spiro atoms. The first-order valence-corrected chi connectivity index (χ1v) is 7.81. The molecule has 120 valence electrons. The zero-order chi connectivity index (χ0) is 16.6. The maximum atomic E-state index is 9.22. The Kier molecular flexibility index (Phi) is 3.86. The van der Waals surface area contributed by atoms with Crippen molar-refractivity contribution in [2.24, 2.45) is 0 Å². The quantitative estimate of drug-likeness (QED) is 0.874. The number of nitrogens with one attached hydrogen (secondary N) is 2. The lowest BCUT2D eigenvalue weighted by molar-refractivity contribution is 0.416. The molecule has 0 unspecified atom stereocenters. The maximum absolute atomic E-state index is 9.22. The lowest BCUT2D eigenvalue weighted by Gasteiger charge is -2.15. The lowest BCUT2D eigenvalue weighted by Crippen LogP contribution is -2.24. The first kappa shape index (κ1) is 15.6. The molecule has 1 saturated carbocycles. The molecule has 2 N–H and O–H groups in total. The van der Waals surface area contributed by atoms with Crippen molar-refractivity contribution in [3.05, 3.63) is 23.1 Å². The van der Waals surface area contributed by atoms with E-state index in [1.165, 1.54) is 0 Å². The number of anilines is 3. The van der Waals surface area contributed by atoms with E-state index in [2.05, 4.69) is 31.8 Å². The van der Waals surface area contributed by atoms with Gasteiger partial charge >= 0.3 is 0 Å². The van der Waals surface area contributed by atoms with E-state index in [-0.39, 0.29) is 0 Å². The number of rotatable bonds is 5. The van der Waals surface area contributed by atoms with Crippen LogP contribution in [-0.2, 0) is 5.54 Å². The number of halogens is 1. The summed E-state index contributed by atoms with van der Waals surface area (Å²) in [5.74, 6) is 1.07. The molecule has 7 nitrogen and oxygen atoms in total. The highest BCUT2D eigenvalue weighted by Gasteiger charge is 2.24. The van der Waals surface area contributed by atoms with Gasteiger partial charge < -0.3 is 10.6 Å². The van der Waals surface area contributed by atoms with Gasteiger partial charge in [-0.05, 0) is 33.6 Å². The van der Waals surface area contributed by atoms with Crippen LogP contribution in [-0.4, -0.2) is 25.8 Å². The fourth-order valence-electron chi connectivity index (χ4n) is 1.99. The van der Waals surface area contributed by atoms with Crippen LogP contribution in [0.5, 0.6) is 0 Å². The van der Waals surface area contributed by atoms with Gasteiger partial charge in [-0.2, -0.15) is 15.3 Å². The molecule has 1 fully saturated rings. The van der Waals surface area contributed by atoms with Gasteiger partial charge in [0.2, 0.25) is 5.95 Å². The molecule has 0 radical (unpaired) electrons. The molecule has 0 amide bonds. The van der Waals surface area contributed by atoms with Crippen LogP contribution < -0.4 is 10.6 Å². The molecule has 2 heterocycles. The molecular formula is C15H18ClN7. The number of nitrogens with zero attached hydrogens (tertiary/aromatic N) is 5. The maximum Gasteiger partial charge on any atom is 0.229 e. The molecule has 0 saturated heterocycles. The molecule has 0 aliphatic heterocycles. The van der Waals surface area contributed by atoms with Crippen molar-refractivity contribution >= 4 is 29.1 Å². The Hall–Kier alpha value is -2.33. The number of hydrogen-bond donors (Lipinski definition) is 2. The Morgan fingerprint density at radius 2 is 2.17 bits per heavy atom. The molecule has 0 atom stereocenters. The van der Waals surface area contributed by atoms with E-state index in [0.29, 0.717) is 22.8 Å². The van der Waals surface area contributed by atoms with Crippen LogP contribution >= 0.6 is 11.6 Å². The Morgan fingerprint density at radius 1 is 1.43 bits per heavy atom. The average molecular weight is 332 g/mol. The molecule has 2 aromatic rings. The van der Waals surface area contributed by atoms with E-state index in [0.717, 1.165) is 24.2 Å². The van der Waals surface area contributed by atoms with Gasteiger partial charge in [0.15, 0.2) is 5.82 Å². The van der Waals surface area contributed by atoms with Crippen LogP contribution in [0, 0.1) is 18.3 Å². The summed E-state index contributed by atoms with van der Waals surface area (Å²) in [6.07, 6.45) is 5.63. The van der Waals surface area contributed by atoms with Gasteiger partial charge in [0.1, 0.15) is 10.6 Å². The van der Waals surface area contributed by atoms with Crippen LogP contribution in [0.3, 0.4) is 0 Å².